The molecule has 2 heterocycles. The van der Waals surface area contributed by atoms with Crippen LogP contribution in [0, 0.1) is 29.2 Å². The van der Waals surface area contributed by atoms with E-state index in [2.05, 4.69) is 113 Å². The third kappa shape index (κ3) is 7.17. The molecule has 0 aliphatic rings. The van der Waals surface area contributed by atoms with Gasteiger partial charge in [0, 0.05) is 25.9 Å². The molecule has 0 spiro atoms. The summed E-state index contributed by atoms with van der Waals surface area (Å²) in [7, 11) is 0. The number of thiophene rings is 1. The molecule has 0 N–H and O–H groups in total. The molecule has 2 aromatic heterocycles. The second-order valence-corrected chi connectivity index (χ2v) is 11.8. The molecule has 5 heteroatoms. The van der Waals surface area contributed by atoms with Gasteiger partial charge in [-0.2, -0.15) is 0 Å². The maximum absolute atomic E-state index is 5.47. The molecule has 0 fully saturated rings. The van der Waals surface area contributed by atoms with Crippen molar-refractivity contribution < 1.29 is 25.8 Å². The van der Waals surface area contributed by atoms with Crippen molar-refractivity contribution in [2.45, 2.75) is 52.5 Å². The normalized spacial score (nSPS) is 11.3. The van der Waals surface area contributed by atoms with Crippen LogP contribution in [0.2, 0.25) is 0 Å². The summed E-state index contributed by atoms with van der Waals surface area (Å²) in [5.74, 6) is 0.797. The Kier molecular flexibility index (Phi) is 13.5. The fourth-order valence-corrected chi connectivity index (χ4v) is 6.66. The SMILES string of the molecule is Cc1sc2ccccc2c1-c1csc(C([N-]c2c(C(C)C)cccc2C(C)C)c2ccccc2)n1.[CH3-].[CH3-].[CH3-].[Hf+4]. The Bertz CT molecular complexity index is 1420. The van der Waals surface area contributed by atoms with Crippen LogP contribution < -0.4 is 0 Å². The molecule has 1 atom stereocenters. The molecule has 0 aliphatic heterocycles. The van der Waals surface area contributed by atoms with E-state index in [1.165, 1.54) is 37.2 Å². The Morgan fingerprint density at radius 1 is 0.744 bits per heavy atom. The predicted molar refractivity (Wildman–Crippen MR) is 173 cm³/mol. The van der Waals surface area contributed by atoms with Gasteiger partial charge in [0.2, 0.25) is 0 Å². The molecule has 5 rings (SSSR count). The van der Waals surface area contributed by atoms with Crippen LogP contribution in [0.25, 0.3) is 26.7 Å². The van der Waals surface area contributed by atoms with Crippen molar-refractivity contribution in [3.05, 3.63) is 132 Å². The number of aryl methyl sites for hydroxylation is 1. The Morgan fingerprint density at radius 2 is 1.33 bits per heavy atom. The average Bonchev–Trinajstić information content (AvgIpc) is 3.46. The monoisotopic (exact) mass is 720 g/mol. The summed E-state index contributed by atoms with van der Waals surface area (Å²) in [4.78, 5) is 6.53. The Balaban J connectivity index is 0.00000190. The van der Waals surface area contributed by atoms with Crippen molar-refractivity contribution in [1.29, 1.82) is 0 Å². The number of aromatic nitrogens is 1. The quantitative estimate of drug-likeness (QED) is 0.122. The number of fused-ring (bicyclic) bond motifs is 1. The van der Waals surface area contributed by atoms with Gasteiger partial charge >= 0.3 is 25.8 Å². The number of thiazole rings is 1. The van der Waals surface area contributed by atoms with E-state index in [4.69, 9.17) is 10.3 Å². The van der Waals surface area contributed by atoms with Crippen molar-refractivity contribution in [2.75, 3.05) is 0 Å². The van der Waals surface area contributed by atoms with E-state index in [1.807, 2.05) is 11.3 Å². The number of nitrogens with zero attached hydrogens (tertiary/aromatic N) is 2. The first kappa shape index (κ1) is 34.9. The van der Waals surface area contributed by atoms with E-state index in [-0.39, 0.29) is 54.2 Å². The topological polar surface area (TPSA) is 27.0 Å². The number of rotatable bonds is 7. The van der Waals surface area contributed by atoms with Gasteiger partial charge in [-0.1, -0.05) is 111 Å². The minimum atomic E-state index is -0.141. The van der Waals surface area contributed by atoms with Crippen LogP contribution >= 0.6 is 22.7 Å². The molecule has 0 saturated carbocycles. The average molecular weight is 719 g/mol. The number of hydrogen-bond acceptors (Lipinski definition) is 3. The van der Waals surface area contributed by atoms with Crippen LogP contribution in [0.15, 0.2) is 78.2 Å². The molecular weight excluding hydrogens is 679 g/mol. The molecule has 0 saturated heterocycles. The Hall–Kier alpha value is -2.08. The first-order valence-electron chi connectivity index (χ1n) is 12.3. The van der Waals surface area contributed by atoms with E-state index in [0.717, 1.165) is 16.4 Å². The first-order chi connectivity index (χ1) is 16.9. The molecule has 0 bridgehead atoms. The van der Waals surface area contributed by atoms with Crippen LogP contribution in [0.3, 0.4) is 0 Å². The van der Waals surface area contributed by atoms with Gasteiger partial charge in [0.15, 0.2) is 0 Å². The molecule has 2 nitrogen and oxygen atoms in total. The summed E-state index contributed by atoms with van der Waals surface area (Å²) in [6.45, 7) is 11.2. The molecule has 5 aromatic rings. The maximum Gasteiger partial charge on any atom is 4.00 e. The summed E-state index contributed by atoms with van der Waals surface area (Å²) in [6.07, 6.45) is 0. The summed E-state index contributed by atoms with van der Waals surface area (Å²) in [5, 5.41) is 10.0. The number of para-hydroxylation sites is 1. The van der Waals surface area contributed by atoms with Crippen molar-refractivity contribution in [2.24, 2.45) is 0 Å². The van der Waals surface area contributed by atoms with Crippen LogP contribution in [0.5, 0.6) is 0 Å². The molecule has 202 valence electrons. The van der Waals surface area contributed by atoms with Crippen molar-refractivity contribution in [3.8, 4) is 11.3 Å². The van der Waals surface area contributed by atoms with Crippen LogP contribution in [-0.2, 0) is 25.8 Å². The largest absolute Gasteiger partial charge is 4.00 e. The second-order valence-electron chi connectivity index (χ2n) is 9.64. The summed E-state index contributed by atoms with van der Waals surface area (Å²) < 4.78 is 1.31. The van der Waals surface area contributed by atoms with Crippen LogP contribution in [-0.4, -0.2) is 4.98 Å². The molecule has 0 radical (unpaired) electrons. The van der Waals surface area contributed by atoms with E-state index in [0.29, 0.717) is 11.8 Å². The van der Waals surface area contributed by atoms with E-state index in [9.17, 15) is 0 Å². The minimum absolute atomic E-state index is 0. The zero-order chi connectivity index (χ0) is 24.5. The van der Waals surface area contributed by atoms with Crippen molar-refractivity contribution in [3.63, 3.8) is 0 Å². The van der Waals surface area contributed by atoms with Gasteiger partial charge in [0.1, 0.15) is 0 Å². The van der Waals surface area contributed by atoms with E-state index in [1.54, 1.807) is 11.3 Å². The fourth-order valence-electron chi connectivity index (χ4n) is 4.71. The summed E-state index contributed by atoms with van der Waals surface area (Å²) in [6, 6.07) is 25.7. The van der Waals surface area contributed by atoms with Crippen LogP contribution in [0.4, 0.5) is 5.69 Å². The molecule has 0 aliphatic carbocycles. The predicted octanol–water partition coefficient (Wildman–Crippen LogP) is 11.7. The zero-order valence-electron chi connectivity index (χ0n) is 24.4. The summed E-state index contributed by atoms with van der Waals surface area (Å²) >= 11 is 3.56. The van der Waals surface area contributed by atoms with Crippen molar-refractivity contribution >= 4 is 38.4 Å². The van der Waals surface area contributed by atoms with Crippen molar-refractivity contribution in [1.82, 2.24) is 4.98 Å². The van der Waals surface area contributed by atoms with Gasteiger partial charge in [-0.15, -0.1) is 28.4 Å². The molecule has 1 unspecified atom stereocenters. The third-order valence-corrected chi connectivity index (χ3v) is 8.48. The Morgan fingerprint density at radius 3 is 1.95 bits per heavy atom. The second kappa shape index (κ2) is 15.1. The van der Waals surface area contributed by atoms with Crippen LogP contribution in [0.1, 0.15) is 72.1 Å². The Labute approximate surface area is 263 Å². The fraction of sp³-hybridized carbons (Fsp3) is 0.235. The zero-order valence-corrected chi connectivity index (χ0v) is 29.7. The third-order valence-electron chi connectivity index (χ3n) is 6.50. The molecular formula is C34H40HfN2S2. The minimum Gasteiger partial charge on any atom is -0.672 e. The number of hydrogen-bond donors (Lipinski definition) is 0. The van der Waals surface area contributed by atoms with Gasteiger partial charge in [0.05, 0.1) is 10.7 Å². The maximum atomic E-state index is 5.47. The molecule has 39 heavy (non-hydrogen) atoms. The standard InChI is InChI=1S/C31H31N2S2.3CH3.Hf/c1-19(2)23-15-11-16-24(20(3)4)30(23)33-29(22-12-7-6-8-13-22)31-32-26(18-34-31)28-21(5)35-27-17-10-9-14-25(27)28;;;;/h6-20,29H,1-5H3;3*1H3;/q4*-1;+4. The first-order valence-corrected chi connectivity index (χ1v) is 14.0. The summed E-state index contributed by atoms with van der Waals surface area (Å²) in [5.41, 5.74) is 7.21. The van der Waals surface area contributed by atoms with E-state index < -0.39 is 0 Å². The van der Waals surface area contributed by atoms with Gasteiger partial charge < -0.3 is 27.6 Å². The van der Waals surface area contributed by atoms with Gasteiger partial charge in [-0.05, 0) is 30.9 Å². The van der Waals surface area contributed by atoms with Gasteiger partial charge in [-0.25, -0.2) is 4.98 Å². The van der Waals surface area contributed by atoms with Gasteiger partial charge in [0.25, 0.3) is 0 Å². The number of benzene rings is 3. The smallest absolute Gasteiger partial charge is 0.672 e. The molecule has 3 aromatic carbocycles. The molecule has 0 amide bonds. The van der Waals surface area contributed by atoms with E-state index >= 15 is 0 Å². The van der Waals surface area contributed by atoms with Gasteiger partial charge in [-0.3, -0.25) is 0 Å².